The van der Waals surface area contributed by atoms with Crippen LogP contribution in [0.3, 0.4) is 0 Å². The molecule has 0 saturated carbocycles. The van der Waals surface area contributed by atoms with E-state index in [0.29, 0.717) is 30.8 Å². The van der Waals surface area contributed by atoms with Crippen molar-refractivity contribution in [3.05, 3.63) is 29.8 Å². The summed E-state index contributed by atoms with van der Waals surface area (Å²) < 4.78 is 5.09. The van der Waals surface area contributed by atoms with Crippen molar-refractivity contribution < 1.29 is 14.3 Å². The summed E-state index contributed by atoms with van der Waals surface area (Å²) in [7, 11) is 1.57. The van der Waals surface area contributed by atoms with Crippen LogP contribution in [0.1, 0.15) is 29.6 Å². The monoisotopic (exact) mass is 276 g/mol. The summed E-state index contributed by atoms with van der Waals surface area (Å²) in [6.07, 6.45) is 2.66. The molecule has 0 atom stereocenters. The van der Waals surface area contributed by atoms with Crippen molar-refractivity contribution in [3.8, 4) is 5.75 Å². The SMILES string of the molecule is COc1cccc(C(=O)NCCN2CCCCC2=O)c1. The van der Waals surface area contributed by atoms with E-state index in [4.69, 9.17) is 4.74 Å². The van der Waals surface area contributed by atoms with E-state index in [9.17, 15) is 9.59 Å². The standard InChI is InChI=1S/C15H20N2O3/c1-20-13-6-4-5-12(11-13)15(19)16-8-10-17-9-3-2-7-14(17)18/h4-6,11H,2-3,7-10H2,1H3,(H,16,19). The Morgan fingerprint density at radius 2 is 2.25 bits per heavy atom. The predicted molar refractivity (Wildman–Crippen MR) is 75.8 cm³/mol. The Bertz CT molecular complexity index is 488. The van der Waals surface area contributed by atoms with Gasteiger partial charge in [0.05, 0.1) is 7.11 Å². The Balaban J connectivity index is 1.81. The fourth-order valence-corrected chi connectivity index (χ4v) is 2.27. The van der Waals surface area contributed by atoms with Crippen molar-refractivity contribution in [3.63, 3.8) is 0 Å². The molecule has 1 aromatic carbocycles. The maximum Gasteiger partial charge on any atom is 0.251 e. The highest BCUT2D eigenvalue weighted by molar-refractivity contribution is 5.94. The molecular formula is C15H20N2O3. The van der Waals surface area contributed by atoms with Crippen LogP contribution in [0.25, 0.3) is 0 Å². The number of likely N-dealkylation sites (tertiary alicyclic amines) is 1. The van der Waals surface area contributed by atoms with Gasteiger partial charge in [-0.2, -0.15) is 0 Å². The number of carbonyl (C=O) groups excluding carboxylic acids is 2. The first kappa shape index (κ1) is 14.4. The fourth-order valence-electron chi connectivity index (χ4n) is 2.27. The molecule has 1 saturated heterocycles. The molecule has 1 heterocycles. The van der Waals surface area contributed by atoms with Gasteiger partial charge in [-0.1, -0.05) is 6.07 Å². The first-order valence-electron chi connectivity index (χ1n) is 6.91. The first-order chi connectivity index (χ1) is 9.70. The zero-order chi connectivity index (χ0) is 14.4. The van der Waals surface area contributed by atoms with Crippen molar-refractivity contribution in [2.24, 2.45) is 0 Å². The zero-order valence-corrected chi connectivity index (χ0v) is 11.7. The van der Waals surface area contributed by atoms with Gasteiger partial charge in [-0.3, -0.25) is 9.59 Å². The second-order valence-electron chi connectivity index (χ2n) is 4.83. The van der Waals surface area contributed by atoms with Crippen LogP contribution in [-0.4, -0.2) is 43.5 Å². The minimum atomic E-state index is -0.145. The van der Waals surface area contributed by atoms with Crippen LogP contribution in [0, 0.1) is 0 Å². The predicted octanol–water partition coefficient (Wildman–Crippen LogP) is 1.44. The molecule has 1 aliphatic heterocycles. The van der Waals surface area contributed by atoms with Crippen LogP contribution in [0.15, 0.2) is 24.3 Å². The number of ether oxygens (including phenoxy) is 1. The average Bonchev–Trinajstić information content (AvgIpc) is 2.49. The Hall–Kier alpha value is -2.04. The van der Waals surface area contributed by atoms with Crippen LogP contribution in [-0.2, 0) is 4.79 Å². The van der Waals surface area contributed by atoms with Crippen LogP contribution < -0.4 is 10.1 Å². The molecule has 0 aromatic heterocycles. The molecule has 108 valence electrons. The van der Waals surface area contributed by atoms with Gasteiger partial charge in [-0.25, -0.2) is 0 Å². The van der Waals surface area contributed by atoms with Crippen molar-refractivity contribution in [2.75, 3.05) is 26.7 Å². The molecule has 2 amide bonds. The highest BCUT2D eigenvalue weighted by Gasteiger charge is 2.17. The fraction of sp³-hybridized carbons (Fsp3) is 0.467. The summed E-state index contributed by atoms with van der Waals surface area (Å²) in [5, 5.41) is 2.83. The third-order valence-corrected chi connectivity index (χ3v) is 3.42. The second-order valence-corrected chi connectivity index (χ2v) is 4.83. The van der Waals surface area contributed by atoms with E-state index in [0.717, 1.165) is 19.4 Å². The molecule has 0 spiro atoms. The van der Waals surface area contributed by atoms with Crippen LogP contribution in [0.5, 0.6) is 5.75 Å². The van der Waals surface area contributed by atoms with Crippen LogP contribution in [0.2, 0.25) is 0 Å². The molecule has 0 bridgehead atoms. The maximum atomic E-state index is 12.0. The lowest BCUT2D eigenvalue weighted by Gasteiger charge is -2.26. The quantitative estimate of drug-likeness (QED) is 0.885. The van der Waals surface area contributed by atoms with Gasteiger partial charge in [-0.05, 0) is 31.0 Å². The Labute approximate surface area is 118 Å². The van der Waals surface area contributed by atoms with Gasteiger partial charge >= 0.3 is 0 Å². The largest absolute Gasteiger partial charge is 0.497 e. The number of hydrogen-bond acceptors (Lipinski definition) is 3. The van der Waals surface area contributed by atoms with Gasteiger partial charge in [-0.15, -0.1) is 0 Å². The molecule has 0 aliphatic carbocycles. The van der Waals surface area contributed by atoms with E-state index in [2.05, 4.69) is 5.32 Å². The van der Waals surface area contributed by atoms with Gasteiger partial charge in [0.25, 0.3) is 5.91 Å². The summed E-state index contributed by atoms with van der Waals surface area (Å²) in [6.45, 7) is 1.85. The number of nitrogens with one attached hydrogen (secondary N) is 1. The minimum Gasteiger partial charge on any atom is -0.497 e. The number of methoxy groups -OCH3 is 1. The summed E-state index contributed by atoms with van der Waals surface area (Å²) in [5.74, 6) is 0.698. The van der Waals surface area contributed by atoms with E-state index in [1.807, 2.05) is 4.90 Å². The smallest absolute Gasteiger partial charge is 0.251 e. The number of rotatable bonds is 5. The van der Waals surface area contributed by atoms with Gasteiger partial charge in [0.2, 0.25) is 5.91 Å². The summed E-state index contributed by atoms with van der Waals surface area (Å²) in [4.78, 5) is 25.4. The molecule has 5 heteroatoms. The van der Waals surface area contributed by atoms with Crippen molar-refractivity contribution in [2.45, 2.75) is 19.3 Å². The van der Waals surface area contributed by atoms with Crippen molar-refractivity contribution in [1.29, 1.82) is 0 Å². The van der Waals surface area contributed by atoms with E-state index in [-0.39, 0.29) is 11.8 Å². The highest BCUT2D eigenvalue weighted by atomic mass is 16.5. The van der Waals surface area contributed by atoms with Crippen LogP contribution in [0.4, 0.5) is 0 Å². The van der Waals surface area contributed by atoms with E-state index in [1.54, 1.807) is 31.4 Å². The molecule has 5 nitrogen and oxygen atoms in total. The van der Waals surface area contributed by atoms with E-state index in [1.165, 1.54) is 0 Å². The summed E-state index contributed by atoms with van der Waals surface area (Å²) in [6, 6.07) is 7.01. The molecule has 1 fully saturated rings. The minimum absolute atomic E-state index is 0.145. The van der Waals surface area contributed by atoms with Gasteiger partial charge in [0.1, 0.15) is 5.75 Å². The number of carbonyl (C=O) groups is 2. The van der Waals surface area contributed by atoms with E-state index < -0.39 is 0 Å². The molecule has 0 unspecified atom stereocenters. The van der Waals surface area contributed by atoms with Crippen molar-refractivity contribution in [1.82, 2.24) is 10.2 Å². The number of piperidine rings is 1. The first-order valence-corrected chi connectivity index (χ1v) is 6.91. The lowest BCUT2D eigenvalue weighted by molar-refractivity contribution is -0.133. The number of amides is 2. The third-order valence-electron chi connectivity index (χ3n) is 3.42. The number of nitrogens with zero attached hydrogens (tertiary/aromatic N) is 1. The van der Waals surface area contributed by atoms with Gasteiger partial charge < -0.3 is 15.0 Å². The molecule has 20 heavy (non-hydrogen) atoms. The molecule has 1 aliphatic rings. The molecule has 1 aromatic rings. The zero-order valence-electron chi connectivity index (χ0n) is 11.7. The third kappa shape index (κ3) is 3.73. The van der Waals surface area contributed by atoms with Crippen LogP contribution >= 0.6 is 0 Å². The van der Waals surface area contributed by atoms with Gasteiger partial charge in [0, 0.05) is 31.6 Å². The number of benzene rings is 1. The Morgan fingerprint density at radius 3 is 3.00 bits per heavy atom. The molecule has 0 radical (unpaired) electrons. The maximum absolute atomic E-state index is 12.0. The molecular weight excluding hydrogens is 256 g/mol. The normalized spacial score (nSPS) is 15.1. The Kier molecular flexibility index (Phi) is 4.98. The number of hydrogen-bond donors (Lipinski definition) is 1. The highest BCUT2D eigenvalue weighted by Crippen LogP contribution is 2.12. The average molecular weight is 276 g/mol. The Morgan fingerprint density at radius 1 is 1.40 bits per heavy atom. The summed E-state index contributed by atoms with van der Waals surface area (Å²) in [5.41, 5.74) is 0.564. The topological polar surface area (TPSA) is 58.6 Å². The molecule has 2 rings (SSSR count). The van der Waals surface area contributed by atoms with Crippen molar-refractivity contribution >= 4 is 11.8 Å². The van der Waals surface area contributed by atoms with E-state index >= 15 is 0 Å². The lowest BCUT2D eigenvalue weighted by Crippen LogP contribution is -2.41. The lowest BCUT2D eigenvalue weighted by atomic mass is 10.1. The van der Waals surface area contributed by atoms with Gasteiger partial charge in [0.15, 0.2) is 0 Å². The molecule has 1 N–H and O–H groups in total. The second kappa shape index (κ2) is 6.93. The summed E-state index contributed by atoms with van der Waals surface area (Å²) >= 11 is 0.